The lowest BCUT2D eigenvalue weighted by atomic mass is 9.78. The van der Waals surface area contributed by atoms with E-state index in [-0.39, 0.29) is 0 Å². The number of rotatable bonds is 3. The van der Waals surface area contributed by atoms with Gasteiger partial charge in [0.25, 0.3) is 0 Å². The summed E-state index contributed by atoms with van der Waals surface area (Å²) in [7, 11) is 0. The van der Waals surface area contributed by atoms with Crippen molar-refractivity contribution in [3.63, 3.8) is 0 Å². The van der Waals surface area contributed by atoms with Crippen molar-refractivity contribution in [2.24, 2.45) is 5.41 Å². The average molecular weight is 277 g/mol. The van der Waals surface area contributed by atoms with Gasteiger partial charge in [-0.3, -0.25) is 4.90 Å². The minimum absolute atomic E-state index is 0.519. The summed E-state index contributed by atoms with van der Waals surface area (Å²) in [5.74, 6) is 0. The molecule has 0 atom stereocenters. The third-order valence-electron chi connectivity index (χ3n) is 4.49. The van der Waals surface area contributed by atoms with E-state index in [1.165, 1.54) is 19.3 Å². The van der Waals surface area contributed by atoms with Crippen molar-refractivity contribution in [1.29, 1.82) is 5.26 Å². The monoisotopic (exact) mass is 276 g/mol. The van der Waals surface area contributed by atoms with Crippen molar-refractivity contribution in [2.45, 2.75) is 39.7 Å². The fraction of sp³-hybridized carbons (Fsp3) is 0.562. The Hall–Kier alpha value is -1.04. The van der Waals surface area contributed by atoms with Crippen LogP contribution in [-0.2, 0) is 6.54 Å². The molecule has 2 rings (SSSR count). The van der Waals surface area contributed by atoms with Gasteiger partial charge in [0.1, 0.15) is 0 Å². The molecule has 0 spiro atoms. The van der Waals surface area contributed by atoms with E-state index in [1.54, 1.807) is 6.07 Å². The highest BCUT2D eigenvalue weighted by atomic mass is 35.5. The van der Waals surface area contributed by atoms with E-state index in [9.17, 15) is 0 Å². The summed E-state index contributed by atoms with van der Waals surface area (Å²) < 4.78 is 0. The summed E-state index contributed by atoms with van der Waals surface area (Å²) in [6.07, 6.45) is 3.78. The quantitative estimate of drug-likeness (QED) is 0.826. The lowest BCUT2D eigenvalue weighted by Gasteiger charge is -2.39. The molecule has 0 aliphatic carbocycles. The summed E-state index contributed by atoms with van der Waals surface area (Å²) in [6.45, 7) is 7.85. The average Bonchev–Trinajstić information content (AvgIpc) is 2.43. The third kappa shape index (κ3) is 3.49. The predicted molar refractivity (Wildman–Crippen MR) is 79.1 cm³/mol. The molecule has 0 aromatic heterocycles. The summed E-state index contributed by atoms with van der Waals surface area (Å²) in [4.78, 5) is 2.46. The summed E-state index contributed by atoms with van der Waals surface area (Å²) in [5, 5.41) is 9.55. The van der Waals surface area contributed by atoms with Gasteiger partial charge >= 0.3 is 0 Å². The zero-order valence-corrected chi connectivity index (χ0v) is 12.5. The maximum atomic E-state index is 8.84. The normalized spacial score (nSPS) is 19.1. The molecular formula is C16H21ClN2. The van der Waals surface area contributed by atoms with Crippen molar-refractivity contribution in [1.82, 2.24) is 4.90 Å². The fourth-order valence-corrected chi connectivity index (χ4v) is 2.83. The van der Waals surface area contributed by atoms with Gasteiger partial charge in [0.05, 0.1) is 11.6 Å². The molecule has 1 aromatic carbocycles. The van der Waals surface area contributed by atoms with Gasteiger partial charge in [-0.2, -0.15) is 5.26 Å². The van der Waals surface area contributed by atoms with Gasteiger partial charge in [0.15, 0.2) is 0 Å². The van der Waals surface area contributed by atoms with Gasteiger partial charge in [-0.05, 0) is 49.0 Å². The maximum absolute atomic E-state index is 8.84. The largest absolute Gasteiger partial charge is 0.299 e. The minimum atomic E-state index is 0.519. The van der Waals surface area contributed by atoms with Crippen LogP contribution >= 0.6 is 11.6 Å². The van der Waals surface area contributed by atoms with E-state index in [2.05, 4.69) is 24.8 Å². The second-order valence-corrected chi connectivity index (χ2v) is 6.27. The molecule has 19 heavy (non-hydrogen) atoms. The van der Waals surface area contributed by atoms with E-state index in [0.29, 0.717) is 16.0 Å². The highest BCUT2D eigenvalue weighted by Crippen LogP contribution is 2.34. The van der Waals surface area contributed by atoms with E-state index >= 15 is 0 Å². The number of nitriles is 1. The van der Waals surface area contributed by atoms with Crippen LogP contribution in [0.2, 0.25) is 5.02 Å². The van der Waals surface area contributed by atoms with Crippen molar-refractivity contribution >= 4 is 11.6 Å². The number of hydrogen-bond donors (Lipinski definition) is 0. The van der Waals surface area contributed by atoms with Crippen LogP contribution in [0.4, 0.5) is 0 Å². The molecule has 1 saturated heterocycles. The van der Waals surface area contributed by atoms with Crippen molar-refractivity contribution in [2.75, 3.05) is 13.1 Å². The first-order valence-electron chi connectivity index (χ1n) is 6.97. The van der Waals surface area contributed by atoms with E-state index < -0.39 is 0 Å². The molecule has 1 aliphatic rings. The molecule has 0 saturated carbocycles. The van der Waals surface area contributed by atoms with Crippen LogP contribution in [0.1, 0.15) is 44.2 Å². The molecule has 2 nitrogen and oxygen atoms in total. The third-order valence-corrected chi connectivity index (χ3v) is 4.84. The zero-order chi connectivity index (χ0) is 13.9. The fourth-order valence-electron chi connectivity index (χ4n) is 2.59. The Bertz CT molecular complexity index is 482. The number of nitrogens with zero attached hydrogens (tertiary/aromatic N) is 2. The molecule has 1 aromatic rings. The zero-order valence-electron chi connectivity index (χ0n) is 11.7. The Morgan fingerprint density at radius 2 is 2.05 bits per heavy atom. The Kier molecular flexibility index (Phi) is 4.50. The number of halogens is 1. The molecule has 0 amide bonds. The van der Waals surface area contributed by atoms with Crippen LogP contribution in [0.15, 0.2) is 18.2 Å². The molecule has 0 unspecified atom stereocenters. The SMILES string of the molecule is CCC1(C)CCN(Cc2ccc(C#N)cc2Cl)CC1. The van der Waals surface area contributed by atoms with Gasteiger partial charge in [0, 0.05) is 11.6 Å². The molecule has 0 radical (unpaired) electrons. The van der Waals surface area contributed by atoms with Gasteiger partial charge < -0.3 is 0 Å². The Morgan fingerprint density at radius 3 is 2.58 bits per heavy atom. The van der Waals surface area contributed by atoms with Crippen LogP contribution < -0.4 is 0 Å². The molecule has 1 aliphatic heterocycles. The van der Waals surface area contributed by atoms with Crippen LogP contribution in [0.5, 0.6) is 0 Å². The molecule has 0 N–H and O–H groups in total. The highest BCUT2D eigenvalue weighted by Gasteiger charge is 2.28. The lowest BCUT2D eigenvalue weighted by molar-refractivity contribution is 0.110. The Balaban J connectivity index is 1.98. The van der Waals surface area contributed by atoms with E-state index in [0.717, 1.165) is 25.2 Å². The number of hydrogen-bond acceptors (Lipinski definition) is 2. The second-order valence-electron chi connectivity index (χ2n) is 5.86. The van der Waals surface area contributed by atoms with Gasteiger partial charge in [0.2, 0.25) is 0 Å². The molecule has 0 bridgehead atoms. The summed E-state index contributed by atoms with van der Waals surface area (Å²) in [5.41, 5.74) is 2.28. The lowest BCUT2D eigenvalue weighted by Crippen LogP contribution is -2.37. The van der Waals surface area contributed by atoms with Gasteiger partial charge in [-0.15, -0.1) is 0 Å². The molecule has 3 heteroatoms. The van der Waals surface area contributed by atoms with Crippen LogP contribution in [0.25, 0.3) is 0 Å². The first-order chi connectivity index (χ1) is 9.06. The number of likely N-dealkylation sites (tertiary alicyclic amines) is 1. The van der Waals surface area contributed by atoms with Gasteiger partial charge in [-0.25, -0.2) is 0 Å². The molecule has 102 valence electrons. The van der Waals surface area contributed by atoms with Crippen molar-refractivity contribution < 1.29 is 0 Å². The van der Waals surface area contributed by atoms with Crippen LogP contribution in [-0.4, -0.2) is 18.0 Å². The second kappa shape index (κ2) is 5.94. The minimum Gasteiger partial charge on any atom is -0.299 e. The first kappa shape index (κ1) is 14.4. The summed E-state index contributed by atoms with van der Waals surface area (Å²) in [6, 6.07) is 7.71. The van der Waals surface area contributed by atoms with Crippen LogP contribution in [0, 0.1) is 16.7 Å². The van der Waals surface area contributed by atoms with Crippen LogP contribution in [0.3, 0.4) is 0 Å². The molecule has 1 fully saturated rings. The number of piperidine rings is 1. The maximum Gasteiger partial charge on any atom is 0.0992 e. The smallest absolute Gasteiger partial charge is 0.0992 e. The molecule has 1 heterocycles. The highest BCUT2D eigenvalue weighted by molar-refractivity contribution is 6.31. The van der Waals surface area contributed by atoms with Crippen molar-refractivity contribution in [3.8, 4) is 6.07 Å². The standard InChI is InChI=1S/C16H21ClN2/c1-3-16(2)6-8-19(9-7-16)12-14-5-4-13(11-18)10-15(14)17/h4-5,10H,3,6-9,12H2,1-2H3. The van der Waals surface area contributed by atoms with Crippen molar-refractivity contribution in [3.05, 3.63) is 34.3 Å². The molecular weight excluding hydrogens is 256 g/mol. The topological polar surface area (TPSA) is 27.0 Å². The Labute approximate surface area is 121 Å². The van der Waals surface area contributed by atoms with Gasteiger partial charge in [-0.1, -0.05) is 37.9 Å². The van der Waals surface area contributed by atoms with E-state index in [4.69, 9.17) is 16.9 Å². The predicted octanol–water partition coefficient (Wildman–Crippen LogP) is 4.22. The number of benzene rings is 1. The Morgan fingerprint density at radius 1 is 1.37 bits per heavy atom. The van der Waals surface area contributed by atoms with E-state index in [1.807, 2.05) is 12.1 Å². The first-order valence-corrected chi connectivity index (χ1v) is 7.35. The summed E-state index contributed by atoms with van der Waals surface area (Å²) >= 11 is 6.23.